The van der Waals surface area contributed by atoms with Crippen molar-refractivity contribution >= 4 is 23.2 Å². The van der Waals surface area contributed by atoms with Crippen LogP contribution in [0.3, 0.4) is 0 Å². The predicted octanol–water partition coefficient (Wildman–Crippen LogP) is 2.62. The first-order chi connectivity index (χ1) is 7.77. The molecule has 84 valence electrons. The monoisotopic (exact) mass is 256 g/mol. The number of nitrogens with zero attached hydrogens (tertiary/aromatic N) is 4. The molecule has 0 aliphatic rings. The smallest absolute Gasteiger partial charge is 0.147 e. The number of hydrogen-bond acceptors (Lipinski definition) is 3. The lowest BCUT2D eigenvalue weighted by Gasteiger charge is -2.09. The average molecular weight is 257 g/mol. The molecule has 0 aromatic carbocycles. The van der Waals surface area contributed by atoms with Crippen molar-refractivity contribution < 1.29 is 0 Å². The van der Waals surface area contributed by atoms with Crippen molar-refractivity contribution in [1.82, 2.24) is 19.5 Å². The van der Waals surface area contributed by atoms with Gasteiger partial charge in [-0.05, 0) is 0 Å². The molecule has 2 aromatic rings. The molecule has 0 N–H and O–H groups in total. The fourth-order valence-corrected chi connectivity index (χ4v) is 2.00. The molecule has 6 heteroatoms. The SMILES string of the molecule is CCc1nccn1-c1ncnc(Cl)c1CCl. The number of hydrogen-bond donors (Lipinski definition) is 0. The minimum absolute atomic E-state index is 0.274. The molecule has 0 bridgehead atoms. The molecule has 2 rings (SSSR count). The molecule has 0 atom stereocenters. The van der Waals surface area contributed by atoms with Crippen molar-refractivity contribution in [2.45, 2.75) is 19.2 Å². The van der Waals surface area contributed by atoms with Gasteiger partial charge in [0.05, 0.1) is 5.88 Å². The van der Waals surface area contributed by atoms with E-state index in [1.807, 2.05) is 17.7 Å². The maximum atomic E-state index is 5.97. The maximum Gasteiger partial charge on any atom is 0.147 e. The van der Waals surface area contributed by atoms with Gasteiger partial charge in [-0.15, -0.1) is 11.6 Å². The minimum atomic E-state index is 0.274. The van der Waals surface area contributed by atoms with Crippen molar-refractivity contribution in [3.05, 3.63) is 35.3 Å². The van der Waals surface area contributed by atoms with Crippen molar-refractivity contribution in [3.8, 4) is 5.82 Å². The van der Waals surface area contributed by atoms with Gasteiger partial charge < -0.3 is 0 Å². The Labute approximate surface area is 103 Å². The minimum Gasteiger partial charge on any atom is -0.288 e. The highest BCUT2D eigenvalue weighted by Crippen LogP contribution is 2.21. The van der Waals surface area contributed by atoms with E-state index < -0.39 is 0 Å². The predicted molar refractivity (Wildman–Crippen MR) is 63.1 cm³/mol. The Bertz CT molecular complexity index is 495. The molecule has 0 saturated heterocycles. The van der Waals surface area contributed by atoms with Crippen LogP contribution in [-0.2, 0) is 12.3 Å². The van der Waals surface area contributed by atoms with E-state index in [-0.39, 0.29) is 5.88 Å². The molecule has 0 aliphatic heterocycles. The fourth-order valence-electron chi connectivity index (χ4n) is 1.49. The van der Waals surface area contributed by atoms with Crippen LogP contribution in [0, 0.1) is 0 Å². The Morgan fingerprint density at radius 2 is 2.12 bits per heavy atom. The van der Waals surface area contributed by atoms with Gasteiger partial charge in [0.2, 0.25) is 0 Å². The summed E-state index contributed by atoms with van der Waals surface area (Å²) in [6.45, 7) is 2.03. The van der Waals surface area contributed by atoms with Gasteiger partial charge in [0.1, 0.15) is 23.1 Å². The average Bonchev–Trinajstić information content (AvgIpc) is 2.76. The Morgan fingerprint density at radius 3 is 2.81 bits per heavy atom. The molecule has 4 nitrogen and oxygen atoms in total. The first kappa shape index (κ1) is 11.4. The summed E-state index contributed by atoms with van der Waals surface area (Å²) in [6.07, 6.45) is 5.81. The van der Waals surface area contributed by atoms with Gasteiger partial charge in [-0.2, -0.15) is 0 Å². The molecular weight excluding hydrogens is 247 g/mol. The van der Waals surface area contributed by atoms with Crippen LogP contribution >= 0.6 is 23.2 Å². The third-order valence-electron chi connectivity index (χ3n) is 2.27. The van der Waals surface area contributed by atoms with Gasteiger partial charge in [-0.1, -0.05) is 18.5 Å². The van der Waals surface area contributed by atoms with Gasteiger partial charge in [0.25, 0.3) is 0 Å². The summed E-state index contributed by atoms with van der Waals surface area (Å²) in [4.78, 5) is 12.3. The van der Waals surface area contributed by atoms with Crippen LogP contribution in [0.15, 0.2) is 18.7 Å². The summed E-state index contributed by atoms with van der Waals surface area (Å²) in [5, 5.41) is 0.385. The van der Waals surface area contributed by atoms with Crippen LogP contribution in [0.5, 0.6) is 0 Å². The van der Waals surface area contributed by atoms with E-state index in [9.17, 15) is 0 Å². The molecule has 0 spiro atoms. The summed E-state index contributed by atoms with van der Waals surface area (Å²) in [7, 11) is 0. The highest BCUT2D eigenvalue weighted by molar-refractivity contribution is 6.31. The molecule has 0 fully saturated rings. The van der Waals surface area contributed by atoms with Crippen molar-refractivity contribution in [2.75, 3.05) is 0 Å². The number of imidazole rings is 1. The standard InChI is InChI=1S/C10H10Cl2N4/c1-2-8-13-3-4-16(8)10-7(5-11)9(12)14-6-15-10/h3-4,6H,2,5H2,1H3. The van der Waals surface area contributed by atoms with Crippen LogP contribution in [0.25, 0.3) is 5.82 Å². The third kappa shape index (κ3) is 1.90. The molecule has 2 aromatic heterocycles. The van der Waals surface area contributed by atoms with E-state index >= 15 is 0 Å². The first-order valence-corrected chi connectivity index (χ1v) is 5.77. The molecule has 2 heterocycles. The zero-order chi connectivity index (χ0) is 11.5. The van der Waals surface area contributed by atoms with Crippen molar-refractivity contribution in [2.24, 2.45) is 0 Å². The van der Waals surface area contributed by atoms with E-state index in [0.717, 1.165) is 17.8 Å². The van der Waals surface area contributed by atoms with E-state index in [0.29, 0.717) is 11.0 Å². The lowest BCUT2D eigenvalue weighted by Crippen LogP contribution is -2.06. The topological polar surface area (TPSA) is 43.6 Å². The molecule has 0 saturated carbocycles. The second-order valence-electron chi connectivity index (χ2n) is 3.17. The zero-order valence-corrected chi connectivity index (χ0v) is 10.2. The van der Waals surface area contributed by atoms with Gasteiger partial charge >= 0.3 is 0 Å². The van der Waals surface area contributed by atoms with Crippen molar-refractivity contribution in [3.63, 3.8) is 0 Å². The number of aryl methyl sites for hydroxylation is 1. The third-order valence-corrected chi connectivity index (χ3v) is 2.86. The highest BCUT2D eigenvalue weighted by Gasteiger charge is 2.12. The number of halogens is 2. The summed E-state index contributed by atoms with van der Waals surface area (Å²) in [6, 6.07) is 0. The Morgan fingerprint density at radius 1 is 1.31 bits per heavy atom. The van der Waals surface area contributed by atoms with Gasteiger partial charge in [0.15, 0.2) is 0 Å². The van der Waals surface area contributed by atoms with Crippen LogP contribution in [0.1, 0.15) is 18.3 Å². The van der Waals surface area contributed by atoms with Crippen LogP contribution in [0.4, 0.5) is 0 Å². The van der Waals surface area contributed by atoms with Crippen molar-refractivity contribution in [1.29, 1.82) is 0 Å². The summed E-state index contributed by atoms with van der Waals surface area (Å²) >= 11 is 11.8. The van der Waals surface area contributed by atoms with E-state index in [1.54, 1.807) is 6.20 Å². The Kier molecular flexibility index (Phi) is 3.41. The largest absolute Gasteiger partial charge is 0.288 e. The first-order valence-electron chi connectivity index (χ1n) is 4.85. The highest BCUT2D eigenvalue weighted by atomic mass is 35.5. The maximum absolute atomic E-state index is 5.97. The van der Waals surface area contributed by atoms with Gasteiger partial charge in [0, 0.05) is 24.4 Å². The van der Waals surface area contributed by atoms with Gasteiger partial charge in [-0.25, -0.2) is 15.0 Å². The summed E-state index contributed by atoms with van der Waals surface area (Å²) in [5.74, 6) is 1.89. The summed E-state index contributed by atoms with van der Waals surface area (Å²) in [5.41, 5.74) is 0.721. The van der Waals surface area contributed by atoms with Crippen LogP contribution in [-0.4, -0.2) is 19.5 Å². The van der Waals surface area contributed by atoms with E-state index in [1.165, 1.54) is 6.33 Å². The van der Waals surface area contributed by atoms with E-state index in [2.05, 4.69) is 15.0 Å². The number of aromatic nitrogens is 4. The summed E-state index contributed by atoms with van der Waals surface area (Å²) < 4.78 is 1.88. The molecular formula is C10H10Cl2N4. The Balaban J connectivity index is 2.60. The normalized spacial score (nSPS) is 10.7. The quantitative estimate of drug-likeness (QED) is 0.627. The molecule has 0 aliphatic carbocycles. The zero-order valence-electron chi connectivity index (χ0n) is 8.69. The number of rotatable bonds is 3. The lowest BCUT2D eigenvalue weighted by atomic mass is 10.3. The van der Waals surface area contributed by atoms with Crippen LogP contribution < -0.4 is 0 Å². The van der Waals surface area contributed by atoms with E-state index in [4.69, 9.17) is 23.2 Å². The lowest BCUT2D eigenvalue weighted by molar-refractivity contribution is 0.851. The fraction of sp³-hybridized carbons (Fsp3) is 0.300. The molecule has 0 radical (unpaired) electrons. The Hall–Kier alpha value is -1.13. The molecule has 0 amide bonds. The molecule has 16 heavy (non-hydrogen) atoms. The number of alkyl halides is 1. The van der Waals surface area contributed by atoms with Crippen LogP contribution in [0.2, 0.25) is 5.15 Å². The van der Waals surface area contributed by atoms with Gasteiger partial charge in [-0.3, -0.25) is 4.57 Å². The second-order valence-corrected chi connectivity index (χ2v) is 3.79. The second kappa shape index (κ2) is 4.80. The molecule has 0 unspecified atom stereocenters.